The van der Waals surface area contributed by atoms with Crippen LogP contribution in [0, 0.1) is 5.92 Å². The number of pyridine rings is 1. The number of halogens is 1. The fraction of sp³-hybridized carbons (Fsp3) is 0.375. The fourth-order valence-corrected chi connectivity index (χ4v) is 2.80. The Morgan fingerprint density at radius 3 is 3.10 bits per heavy atom. The summed E-state index contributed by atoms with van der Waals surface area (Å²) in [6, 6.07) is 9.16. The van der Waals surface area contributed by atoms with Gasteiger partial charge in [0.1, 0.15) is 5.69 Å². The van der Waals surface area contributed by atoms with E-state index in [0.29, 0.717) is 23.2 Å². The molecule has 1 N–H and O–H groups in total. The second-order valence-corrected chi connectivity index (χ2v) is 5.69. The highest BCUT2D eigenvalue weighted by molar-refractivity contribution is 6.35. The highest BCUT2D eigenvalue weighted by atomic mass is 35.5. The zero-order valence-corrected chi connectivity index (χ0v) is 12.4. The molecule has 0 bridgehead atoms. The number of benzene rings is 1. The van der Waals surface area contributed by atoms with E-state index < -0.39 is 0 Å². The number of ether oxygens (including phenoxy) is 1. The van der Waals surface area contributed by atoms with Crippen LogP contribution in [0.3, 0.4) is 0 Å². The number of carbonyl (C=O) groups is 1. The Balaban J connectivity index is 1.66. The van der Waals surface area contributed by atoms with E-state index in [1.165, 1.54) is 0 Å². The predicted octanol–water partition coefficient (Wildman–Crippen LogP) is 3.04. The minimum absolute atomic E-state index is 0.179. The van der Waals surface area contributed by atoms with E-state index in [0.717, 1.165) is 37.0 Å². The smallest absolute Gasteiger partial charge is 0.269 e. The third kappa shape index (κ3) is 3.34. The van der Waals surface area contributed by atoms with Gasteiger partial charge >= 0.3 is 0 Å². The summed E-state index contributed by atoms with van der Waals surface area (Å²) in [5.74, 6) is 0.375. The van der Waals surface area contributed by atoms with Crippen LogP contribution in [0.4, 0.5) is 0 Å². The van der Waals surface area contributed by atoms with Crippen molar-refractivity contribution in [1.82, 2.24) is 10.3 Å². The van der Waals surface area contributed by atoms with Gasteiger partial charge in [0.05, 0.1) is 10.5 Å². The zero-order valence-electron chi connectivity index (χ0n) is 11.6. The largest absolute Gasteiger partial charge is 0.381 e. The Labute approximate surface area is 128 Å². The number of aromatic nitrogens is 1. The monoisotopic (exact) mass is 304 g/mol. The molecular weight excluding hydrogens is 288 g/mol. The zero-order chi connectivity index (χ0) is 14.7. The normalized spacial score (nSPS) is 18.0. The van der Waals surface area contributed by atoms with Crippen molar-refractivity contribution in [2.24, 2.45) is 5.92 Å². The van der Waals surface area contributed by atoms with Gasteiger partial charge in [0.2, 0.25) is 0 Å². The van der Waals surface area contributed by atoms with Crippen molar-refractivity contribution in [3.63, 3.8) is 0 Å². The molecule has 1 aliphatic heterocycles. The average molecular weight is 305 g/mol. The predicted molar refractivity (Wildman–Crippen MR) is 82.6 cm³/mol. The van der Waals surface area contributed by atoms with Gasteiger partial charge in [-0.2, -0.15) is 0 Å². The van der Waals surface area contributed by atoms with E-state index in [1.807, 2.05) is 24.3 Å². The molecule has 1 fully saturated rings. The van der Waals surface area contributed by atoms with Crippen molar-refractivity contribution in [3.05, 3.63) is 41.0 Å². The fourth-order valence-electron chi connectivity index (χ4n) is 2.54. The molecule has 3 rings (SSSR count). The summed E-state index contributed by atoms with van der Waals surface area (Å²) in [4.78, 5) is 16.5. The van der Waals surface area contributed by atoms with Crippen LogP contribution in [0.15, 0.2) is 30.3 Å². The van der Waals surface area contributed by atoms with Crippen LogP contribution in [0.2, 0.25) is 5.02 Å². The van der Waals surface area contributed by atoms with Crippen molar-refractivity contribution < 1.29 is 9.53 Å². The van der Waals surface area contributed by atoms with Crippen LogP contribution in [-0.4, -0.2) is 30.6 Å². The van der Waals surface area contributed by atoms with E-state index >= 15 is 0 Å². The van der Waals surface area contributed by atoms with Crippen molar-refractivity contribution in [3.8, 4) is 0 Å². The van der Waals surface area contributed by atoms with E-state index in [4.69, 9.17) is 16.3 Å². The Bertz CT molecular complexity index is 654. The lowest BCUT2D eigenvalue weighted by atomic mass is 10.1. The first-order valence-corrected chi connectivity index (χ1v) is 7.53. The van der Waals surface area contributed by atoms with Gasteiger partial charge in [0.25, 0.3) is 5.91 Å². The van der Waals surface area contributed by atoms with E-state index in [-0.39, 0.29) is 5.91 Å². The maximum Gasteiger partial charge on any atom is 0.269 e. The van der Waals surface area contributed by atoms with Gasteiger partial charge in [-0.1, -0.05) is 29.8 Å². The summed E-state index contributed by atoms with van der Waals surface area (Å²) in [6.45, 7) is 2.27. The number of nitrogens with one attached hydrogen (secondary N) is 1. The Morgan fingerprint density at radius 2 is 2.29 bits per heavy atom. The number of carbonyl (C=O) groups excluding carboxylic acids is 1. The van der Waals surface area contributed by atoms with Crippen LogP contribution in [0.1, 0.15) is 23.3 Å². The molecule has 110 valence electrons. The van der Waals surface area contributed by atoms with Gasteiger partial charge in [-0.05, 0) is 30.9 Å². The van der Waals surface area contributed by atoms with E-state index in [1.54, 1.807) is 6.07 Å². The standard InChI is InChI=1S/C16H17ClN2O2/c17-13-9-15(19-14-4-2-1-3-12(13)14)16(20)18-7-5-11-6-8-21-10-11/h1-4,9,11H,5-8,10H2,(H,18,20). The molecule has 2 heterocycles. The first-order chi connectivity index (χ1) is 10.2. The van der Waals surface area contributed by atoms with Crippen LogP contribution in [-0.2, 0) is 4.74 Å². The Hall–Kier alpha value is -1.65. The molecular formula is C16H17ClN2O2. The number of amides is 1. The lowest BCUT2D eigenvalue weighted by molar-refractivity contribution is 0.0946. The second kappa shape index (κ2) is 6.41. The number of fused-ring (bicyclic) bond motifs is 1. The molecule has 0 radical (unpaired) electrons. The molecule has 0 spiro atoms. The first kappa shape index (κ1) is 14.3. The van der Waals surface area contributed by atoms with Gasteiger partial charge in [-0.25, -0.2) is 4.98 Å². The highest BCUT2D eigenvalue weighted by Gasteiger charge is 2.16. The SMILES string of the molecule is O=C(NCCC1CCOC1)c1cc(Cl)c2ccccc2n1. The third-order valence-electron chi connectivity index (χ3n) is 3.76. The lowest BCUT2D eigenvalue weighted by Crippen LogP contribution is -2.26. The number of rotatable bonds is 4. The van der Waals surface area contributed by atoms with Crippen LogP contribution in [0.5, 0.6) is 0 Å². The number of hydrogen-bond acceptors (Lipinski definition) is 3. The highest BCUT2D eigenvalue weighted by Crippen LogP contribution is 2.22. The topological polar surface area (TPSA) is 51.2 Å². The van der Waals surface area contributed by atoms with Crippen molar-refractivity contribution in [2.75, 3.05) is 19.8 Å². The summed E-state index contributed by atoms with van der Waals surface area (Å²) in [6.07, 6.45) is 2.02. The van der Waals surface area contributed by atoms with Gasteiger partial charge in [-0.15, -0.1) is 0 Å². The van der Waals surface area contributed by atoms with Crippen molar-refractivity contribution in [2.45, 2.75) is 12.8 Å². The minimum Gasteiger partial charge on any atom is -0.381 e. The number of hydrogen-bond donors (Lipinski definition) is 1. The average Bonchev–Trinajstić information content (AvgIpc) is 3.00. The van der Waals surface area contributed by atoms with Gasteiger partial charge in [-0.3, -0.25) is 4.79 Å². The minimum atomic E-state index is -0.179. The number of nitrogens with zero attached hydrogens (tertiary/aromatic N) is 1. The molecule has 1 unspecified atom stereocenters. The molecule has 1 amide bonds. The summed E-state index contributed by atoms with van der Waals surface area (Å²) < 4.78 is 5.32. The van der Waals surface area contributed by atoms with E-state index in [2.05, 4.69) is 10.3 Å². The molecule has 21 heavy (non-hydrogen) atoms. The maximum atomic E-state index is 12.2. The summed E-state index contributed by atoms with van der Waals surface area (Å²) in [7, 11) is 0. The van der Waals surface area contributed by atoms with Gasteiger partial charge < -0.3 is 10.1 Å². The Kier molecular flexibility index (Phi) is 4.36. The van der Waals surface area contributed by atoms with Crippen molar-refractivity contribution >= 4 is 28.4 Å². The van der Waals surface area contributed by atoms with Crippen LogP contribution in [0.25, 0.3) is 10.9 Å². The summed E-state index contributed by atoms with van der Waals surface area (Å²) >= 11 is 6.21. The lowest BCUT2D eigenvalue weighted by Gasteiger charge is -2.09. The molecule has 1 aromatic heterocycles. The molecule has 1 atom stereocenters. The van der Waals surface area contributed by atoms with Gasteiger partial charge in [0, 0.05) is 25.1 Å². The van der Waals surface area contributed by atoms with Crippen LogP contribution >= 0.6 is 11.6 Å². The second-order valence-electron chi connectivity index (χ2n) is 5.28. The molecule has 0 aliphatic carbocycles. The van der Waals surface area contributed by atoms with Crippen LogP contribution < -0.4 is 5.32 Å². The molecule has 1 aliphatic rings. The molecule has 2 aromatic rings. The molecule has 4 nitrogen and oxygen atoms in total. The van der Waals surface area contributed by atoms with Gasteiger partial charge in [0.15, 0.2) is 0 Å². The number of para-hydroxylation sites is 1. The molecule has 1 saturated heterocycles. The van der Waals surface area contributed by atoms with E-state index in [9.17, 15) is 4.79 Å². The molecule has 1 aromatic carbocycles. The Morgan fingerprint density at radius 1 is 1.43 bits per heavy atom. The quantitative estimate of drug-likeness (QED) is 0.944. The molecule has 0 saturated carbocycles. The third-order valence-corrected chi connectivity index (χ3v) is 4.07. The maximum absolute atomic E-state index is 12.2. The first-order valence-electron chi connectivity index (χ1n) is 7.15. The molecule has 5 heteroatoms. The summed E-state index contributed by atoms with van der Waals surface area (Å²) in [5, 5.41) is 4.31. The summed E-state index contributed by atoms with van der Waals surface area (Å²) in [5.41, 5.74) is 1.10. The van der Waals surface area contributed by atoms with Crippen molar-refractivity contribution in [1.29, 1.82) is 0 Å².